The number of nitriles is 1. The minimum atomic E-state index is 0.187. The highest BCUT2D eigenvalue weighted by Crippen LogP contribution is 2.24. The van der Waals surface area contributed by atoms with Crippen LogP contribution in [0.15, 0.2) is 54.7 Å². The van der Waals surface area contributed by atoms with E-state index in [0.29, 0.717) is 5.56 Å². The van der Waals surface area contributed by atoms with E-state index in [1.807, 2.05) is 36.0 Å². The Morgan fingerprint density at radius 1 is 1.23 bits per heavy atom. The SMILES string of the molecule is CNCCC(c1ccccc1)n1cc2ccc(C#N)cc2n1. The van der Waals surface area contributed by atoms with Crippen molar-refractivity contribution in [2.75, 3.05) is 13.6 Å². The lowest BCUT2D eigenvalue weighted by Gasteiger charge is -2.17. The molecule has 0 fully saturated rings. The van der Waals surface area contributed by atoms with E-state index in [1.165, 1.54) is 5.56 Å². The van der Waals surface area contributed by atoms with Crippen LogP contribution >= 0.6 is 0 Å². The largest absolute Gasteiger partial charge is 0.320 e. The lowest BCUT2D eigenvalue weighted by Crippen LogP contribution is -2.18. The van der Waals surface area contributed by atoms with Gasteiger partial charge in [-0.05, 0) is 43.8 Å². The van der Waals surface area contributed by atoms with Gasteiger partial charge >= 0.3 is 0 Å². The maximum atomic E-state index is 9.01. The third-order valence-corrected chi connectivity index (χ3v) is 3.83. The molecule has 0 aliphatic carbocycles. The van der Waals surface area contributed by atoms with E-state index in [1.54, 1.807) is 0 Å². The van der Waals surface area contributed by atoms with Gasteiger partial charge in [-0.3, -0.25) is 4.68 Å². The second-order valence-corrected chi connectivity index (χ2v) is 5.31. The van der Waals surface area contributed by atoms with E-state index in [-0.39, 0.29) is 6.04 Å². The Hall–Kier alpha value is -2.64. The summed E-state index contributed by atoms with van der Waals surface area (Å²) in [6.07, 6.45) is 3.02. The molecule has 3 aromatic rings. The van der Waals surface area contributed by atoms with Crippen molar-refractivity contribution in [3.05, 3.63) is 65.9 Å². The predicted molar refractivity (Wildman–Crippen MR) is 87.6 cm³/mol. The number of benzene rings is 2. The van der Waals surface area contributed by atoms with Gasteiger partial charge in [-0.1, -0.05) is 30.3 Å². The van der Waals surface area contributed by atoms with Crippen molar-refractivity contribution in [2.24, 2.45) is 0 Å². The Morgan fingerprint density at radius 3 is 2.77 bits per heavy atom. The van der Waals surface area contributed by atoms with Gasteiger partial charge in [-0.15, -0.1) is 0 Å². The summed E-state index contributed by atoms with van der Waals surface area (Å²) in [5.74, 6) is 0. The molecule has 0 radical (unpaired) electrons. The monoisotopic (exact) mass is 290 g/mol. The Kier molecular flexibility index (Phi) is 4.17. The number of rotatable bonds is 5. The van der Waals surface area contributed by atoms with Gasteiger partial charge in [0.25, 0.3) is 0 Å². The smallest absolute Gasteiger partial charge is 0.0992 e. The van der Waals surface area contributed by atoms with Crippen LogP contribution in [0.4, 0.5) is 0 Å². The molecule has 0 amide bonds. The molecule has 1 heterocycles. The normalized spacial score (nSPS) is 12.2. The van der Waals surface area contributed by atoms with E-state index in [9.17, 15) is 0 Å². The molecule has 0 bridgehead atoms. The lowest BCUT2D eigenvalue weighted by molar-refractivity contribution is 0.484. The third-order valence-electron chi connectivity index (χ3n) is 3.83. The van der Waals surface area contributed by atoms with Crippen LogP contribution in [0.5, 0.6) is 0 Å². The van der Waals surface area contributed by atoms with Crippen molar-refractivity contribution in [1.82, 2.24) is 15.1 Å². The average Bonchev–Trinajstić information content (AvgIpc) is 2.98. The highest BCUT2D eigenvalue weighted by Gasteiger charge is 2.15. The first-order chi connectivity index (χ1) is 10.8. The zero-order valence-electron chi connectivity index (χ0n) is 12.5. The van der Waals surface area contributed by atoms with Crippen LogP contribution in [0.25, 0.3) is 10.9 Å². The summed E-state index contributed by atoms with van der Waals surface area (Å²) >= 11 is 0. The first-order valence-electron chi connectivity index (χ1n) is 7.40. The van der Waals surface area contributed by atoms with Gasteiger partial charge < -0.3 is 5.32 Å². The van der Waals surface area contributed by atoms with E-state index < -0.39 is 0 Å². The number of fused-ring (bicyclic) bond motifs is 1. The highest BCUT2D eigenvalue weighted by atomic mass is 15.3. The molecular formula is C18H18N4. The second kappa shape index (κ2) is 6.42. The Balaban J connectivity index is 2.02. The fourth-order valence-corrected chi connectivity index (χ4v) is 2.67. The molecule has 22 heavy (non-hydrogen) atoms. The maximum absolute atomic E-state index is 9.01. The summed E-state index contributed by atoms with van der Waals surface area (Å²) in [5.41, 5.74) is 2.75. The fourth-order valence-electron chi connectivity index (χ4n) is 2.67. The van der Waals surface area contributed by atoms with E-state index in [0.717, 1.165) is 23.9 Å². The minimum Gasteiger partial charge on any atom is -0.320 e. The van der Waals surface area contributed by atoms with Gasteiger partial charge in [-0.25, -0.2) is 0 Å². The number of nitrogens with zero attached hydrogens (tertiary/aromatic N) is 3. The van der Waals surface area contributed by atoms with Crippen LogP contribution in [0.2, 0.25) is 0 Å². The molecule has 0 aliphatic heterocycles. The average molecular weight is 290 g/mol. The molecule has 110 valence electrons. The fraction of sp³-hybridized carbons (Fsp3) is 0.222. The molecule has 2 aromatic carbocycles. The second-order valence-electron chi connectivity index (χ2n) is 5.31. The molecule has 0 aliphatic rings. The van der Waals surface area contributed by atoms with Crippen LogP contribution in [0.1, 0.15) is 23.6 Å². The molecule has 1 N–H and O–H groups in total. The van der Waals surface area contributed by atoms with Crippen LogP contribution in [0.3, 0.4) is 0 Å². The lowest BCUT2D eigenvalue weighted by atomic mass is 10.0. The van der Waals surface area contributed by atoms with Crippen molar-refractivity contribution in [3.8, 4) is 6.07 Å². The summed E-state index contributed by atoms with van der Waals surface area (Å²) in [7, 11) is 1.96. The molecule has 0 saturated carbocycles. The van der Waals surface area contributed by atoms with Crippen LogP contribution < -0.4 is 5.32 Å². The Labute approximate surface area is 130 Å². The topological polar surface area (TPSA) is 53.6 Å². The number of aromatic nitrogens is 2. The van der Waals surface area contributed by atoms with Crippen molar-refractivity contribution in [3.63, 3.8) is 0 Å². The summed E-state index contributed by atoms with van der Waals surface area (Å²) in [6, 6.07) is 18.4. The van der Waals surface area contributed by atoms with Crippen molar-refractivity contribution < 1.29 is 0 Å². The van der Waals surface area contributed by atoms with E-state index in [4.69, 9.17) is 5.26 Å². The van der Waals surface area contributed by atoms with Gasteiger partial charge in [-0.2, -0.15) is 10.4 Å². The first kappa shape index (κ1) is 14.3. The molecule has 3 rings (SSSR count). The minimum absolute atomic E-state index is 0.187. The Morgan fingerprint density at radius 2 is 2.05 bits per heavy atom. The summed E-state index contributed by atoms with van der Waals surface area (Å²) in [6.45, 7) is 0.916. The molecule has 4 heteroatoms. The molecule has 1 unspecified atom stereocenters. The molecular weight excluding hydrogens is 272 g/mol. The van der Waals surface area contributed by atoms with E-state index >= 15 is 0 Å². The molecule has 1 aromatic heterocycles. The number of hydrogen-bond donors (Lipinski definition) is 1. The zero-order valence-corrected chi connectivity index (χ0v) is 12.5. The molecule has 4 nitrogen and oxygen atoms in total. The van der Waals surface area contributed by atoms with E-state index in [2.05, 4.69) is 46.9 Å². The van der Waals surface area contributed by atoms with Crippen LogP contribution in [0, 0.1) is 11.3 Å². The number of hydrogen-bond acceptors (Lipinski definition) is 3. The molecule has 0 spiro atoms. The molecule has 0 saturated heterocycles. The summed E-state index contributed by atoms with van der Waals surface area (Å²) in [4.78, 5) is 0. The maximum Gasteiger partial charge on any atom is 0.0992 e. The van der Waals surface area contributed by atoms with Gasteiger partial charge in [0.05, 0.1) is 23.2 Å². The quantitative estimate of drug-likeness (QED) is 0.785. The summed E-state index contributed by atoms with van der Waals surface area (Å²) in [5, 5.41) is 18.0. The Bertz CT molecular complexity index is 799. The third kappa shape index (κ3) is 2.85. The van der Waals surface area contributed by atoms with Crippen LogP contribution in [-0.2, 0) is 0 Å². The highest BCUT2D eigenvalue weighted by molar-refractivity contribution is 5.79. The van der Waals surface area contributed by atoms with Crippen LogP contribution in [-0.4, -0.2) is 23.4 Å². The first-order valence-corrected chi connectivity index (χ1v) is 7.40. The summed E-state index contributed by atoms with van der Waals surface area (Å²) < 4.78 is 2.01. The number of nitrogens with one attached hydrogen (secondary N) is 1. The predicted octanol–water partition coefficient (Wildman–Crippen LogP) is 3.11. The van der Waals surface area contributed by atoms with Gasteiger partial charge in [0.2, 0.25) is 0 Å². The van der Waals surface area contributed by atoms with Gasteiger partial charge in [0.15, 0.2) is 0 Å². The van der Waals surface area contributed by atoms with Gasteiger partial charge in [0, 0.05) is 11.6 Å². The standard InChI is InChI=1S/C18H18N4/c1-20-10-9-18(15-5-3-2-4-6-15)22-13-16-8-7-14(12-19)11-17(16)21-22/h2-8,11,13,18,20H,9-10H2,1H3. The van der Waals surface area contributed by atoms with Gasteiger partial charge in [0.1, 0.15) is 0 Å². The van der Waals surface area contributed by atoms with Crippen molar-refractivity contribution >= 4 is 10.9 Å². The van der Waals surface area contributed by atoms with Crippen molar-refractivity contribution in [1.29, 1.82) is 5.26 Å². The molecule has 1 atom stereocenters. The van der Waals surface area contributed by atoms with Crippen molar-refractivity contribution in [2.45, 2.75) is 12.5 Å². The zero-order chi connectivity index (χ0) is 15.4.